The fourth-order valence-electron chi connectivity index (χ4n) is 1.78. The normalized spacial score (nSPS) is 17.1. The molecule has 0 N–H and O–H groups in total. The first-order chi connectivity index (χ1) is 6.38. The number of ether oxygens (including phenoxy) is 1. The molecule has 0 spiro atoms. The van der Waals surface area contributed by atoms with E-state index in [0.717, 1.165) is 13.2 Å². The minimum Gasteiger partial charge on any atom is -0.373 e. The van der Waals surface area contributed by atoms with Gasteiger partial charge in [0.05, 0.1) is 13.2 Å². The maximum absolute atomic E-state index is 5.49. The van der Waals surface area contributed by atoms with Crippen LogP contribution in [0.1, 0.15) is 52.4 Å². The highest BCUT2D eigenvalue weighted by Crippen LogP contribution is 2.23. The average molecular weight is 182 g/mol. The molecule has 0 saturated carbocycles. The second-order valence-electron chi connectivity index (χ2n) is 3.91. The molecule has 0 bridgehead atoms. The second-order valence-corrected chi connectivity index (χ2v) is 3.91. The number of hydrogen-bond acceptors (Lipinski definition) is 1. The zero-order chi connectivity index (χ0) is 9.52. The quantitative estimate of drug-likeness (QED) is 0.569. The lowest BCUT2D eigenvalue weighted by Crippen LogP contribution is -1.90. The van der Waals surface area contributed by atoms with Crippen molar-refractivity contribution in [3.05, 3.63) is 11.1 Å². The molecule has 0 amide bonds. The van der Waals surface area contributed by atoms with E-state index in [4.69, 9.17) is 4.74 Å². The smallest absolute Gasteiger partial charge is 0.0684 e. The van der Waals surface area contributed by atoms with Gasteiger partial charge in [0.15, 0.2) is 0 Å². The Morgan fingerprint density at radius 3 is 1.77 bits per heavy atom. The predicted molar refractivity (Wildman–Crippen MR) is 56.9 cm³/mol. The van der Waals surface area contributed by atoms with Crippen LogP contribution in [0.5, 0.6) is 0 Å². The third kappa shape index (κ3) is 3.51. The van der Waals surface area contributed by atoms with Crippen molar-refractivity contribution < 1.29 is 4.74 Å². The lowest BCUT2D eigenvalue weighted by atomic mass is 10.0. The molecule has 0 radical (unpaired) electrons. The summed E-state index contributed by atoms with van der Waals surface area (Å²) in [6.07, 6.45) is 7.79. The minimum atomic E-state index is 0.916. The van der Waals surface area contributed by atoms with Crippen LogP contribution in [-0.2, 0) is 4.74 Å². The van der Waals surface area contributed by atoms with Crippen LogP contribution in [0.3, 0.4) is 0 Å². The van der Waals surface area contributed by atoms with Crippen LogP contribution in [-0.4, -0.2) is 13.2 Å². The van der Waals surface area contributed by atoms with Crippen LogP contribution >= 0.6 is 0 Å². The molecular formula is C12H22O. The Bertz CT molecular complexity index is 152. The number of hydrogen-bond donors (Lipinski definition) is 0. The molecule has 0 saturated heterocycles. The molecule has 1 aliphatic heterocycles. The van der Waals surface area contributed by atoms with Gasteiger partial charge in [0.1, 0.15) is 0 Å². The zero-order valence-electron chi connectivity index (χ0n) is 9.07. The molecular weight excluding hydrogens is 160 g/mol. The van der Waals surface area contributed by atoms with Gasteiger partial charge in [0.2, 0.25) is 0 Å². The Morgan fingerprint density at radius 1 is 0.923 bits per heavy atom. The standard InChI is InChI=1S/C12H22O/c1-3-5-7-11-9-13-10-12(11)8-6-4-2/h3-10H2,1-2H3. The van der Waals surface area contributed by atoms with Crippen molar-refractivity contribution in [1.29, 1.82) is 0 Å². The van der Waals surface area contributed by atoms with E-state index < -0.39 is 0 Å². The summed E-state index contributed by atoms with van der Waals surface area (Å²) in [5.41, 5.74) is 3.21. The van der Waals surface area contributed by atoms with Gasteiger partial charge in [-0.15, -0.1) is 0 Å². The lowest BCUT2D eigenvalue weighted by Gasteiger charge is -2.03. The van der Waals surface area contributed by atoms with E-state index in [1.165, 1.54) is 38.5 Å². The fraction of sp³-hybridized carbons (Fsp3) is 0.833. The fourth-order valence-corrected chi connectivity index (χ4v) is 1.78. The third-order valence-corrected chi connectivity index (χ3v) is 2.72. The van der Waals surface area contributed by atoms with E-state index in [-0.39, 0.29) is 0 Å². The van der Waals surface area contributed by atoms with Crippen molar-refractivity contribution in [1.82, 2.24) is 0 Å². The van der Waals surface area contributed by atoms with Gasteiger partial charge in [-0.3, -0.25) is 0 Å². The van der Waals surface area contributed by atoms with Crippen LogP contribution in [0, 0.1) is 0 Å². The van der Waals surface area contributed by atoms with Crippen LogP contribution in [0.4, 0.5) is 0 Å². The first-order valence-corrected chi connectivity index (χ1v) is 5.66. The molecule has 1 heterocycles. The van der Waals surface area contributed by atoms with Gasteiger partial charge >= 0.3 is 0 Å². The van der Waals surface area contributed by atoms with Crippen LogP contribution in [0.2, 0.25) is 0 Å². The van der Waals surface area contributed by atoms with E-state index >= 15 is 0 Å². The summed E-state index contributed by atoms with van der Waals surface area (Å²) in [6, 6.07) is 0. The Balaban J connectivity index is 2.35. The van der Waals surface area contributed by atoms with Gasteiger partial charge in [-0.1, -0.05) is 26.7 Å². The summed E-state index contributed by atoms with van der Waals surface area (Å²) in [4.78, 5) is 0. The topological polar surface area (TPSA) is 9.23 Å². The maximum Gasteiger partial charge on any atom is 0.0684 e. The van der Waals surface area contributed by atoms with E-state index in [1.807, 2.05) is 0 Å². The molecule has 0 aromatic carbocycles. The number of unbranched alkanes of at least 4 members (excludes halogenated alkanes) is 2. The van der Waals surface area contributed by atoms with Gasteiger partial charge in [-0.25, -0.2) is 0 Å². The van der Waals surface area contributed by atoms with Gasteiger partial charge in [-0.05, 0) is 36.8 Å². The highest BCUT2D eigenvalue weighted by Gasteiger charge is 2.13. The van der Waals surface area contributed by atoms with E-state index in [0.29, 0.717) is 0 Å². The van der Waals surface area contributed by atoms with Crippen molar-refractivity contribution in [2.45, 2.75) is 52.4 Å². The first kappa shape index (κ1) is 10.8. The Morgan fingerprint density at radius 2 is 1.38 bits per heavy atom. The van der Waals surface area contributed by atoms with Crippen LogP contribution < -0.4 is 0 Å². The highest BCUT2D eigenvalue weighted by atomic mass is 16.5. The summed E-state index contributed by atoms with van der Waals surface area (Å²) in [5.74, 6) is 0. The Kier molecular flexibility index (Phi) is 5.14. The SMILES string of the molecule is CCCCC1=C(CCCC)COC1. The third-order valence-electron chi connectivity index (χ3n) is 2.72. The van der Waals surface area contributed by atoms with E-state index in [2.05, 4.69) is 13.8 Å². The molecule has 1 heteroatoms. The predicted octanol–water partition coefficient (Wildman–Crippen LogP) is 3.69. The molecule has 0 fully saturated rings. The van der Waals surface area contributed by atoms with Gasteiger partial charge < -0.3 is 4.74 Å². The van der Waals surface area contributed by atoms with Crippen molar-refractivity contribution in [3.8, 4) is 0 Å². The zero-order valence-corrected chi connectivity index (χ0v) is 9.07. The number of rotatable bonds is 6. The van der Waals surface area contributed by atoms with E-state index in [1.54, 1.807) is 11.1 Å². The van der Waals surface area contributed by atoms with Crippen molar-refractivity contribution in [2.75, 3.05) is 13.2 Å². The molecule has 1 aliphatic rings. The lowest BCUT2D eigenvalue weighted by molar-refractivity contribution is 0.201. The molecule has 1 nitrogen and oxygen atoms in total. The summed E-state index contributed by atoms with van der Waals surface area (Å²) in [5, 5.41) is 0. The summed E-state index contributed by atoms with van der Waals surface area (Å²) >= 11 is 0. The van der Waals surface area contributed by atoms with Crippen molar-refractivity contribution >= 4 is 0 Å². The molecule has 0 aromatic heterocycles. The van der Waals surface area contributed by atoms with Gasteiger partial charge in [-0.2, -0.15) is 0 Å². The molecule has 1 rings (SSSR count). The molecule has 0 unspecified atom stereocenters. The van der Waals surface area contributed by atoms with Crippen LogP contribution in [0.15, 0.2) is 11.1 Å². The monoisotopic (exact) mass is 182 g/mol. The highest BCUT2D eigenvalue weighted by molar-refractivity contribution is 5.19. The molecule has 0 aliphatic carbocycles. The van der Waals surface area contributed by atoms with Gasteiger partial charge in [0, 0.05) is 0 Å². The summed E-state index contributed by atoms with van der Waals surface area (Å²) in [6.45, 7) is 6.34. The maximum atomic E-state index is 5.49. The average Bonchev–Trinajstić information content (AvgIpc) is 2.59. The molecule has 13 heavy (non-hydrogen) atoms. The Labute approximate surface area is 82.2 Å². The molecule has 76 valence electrons. The van der Waals surface area contributed by atoms with Crippen molar-refractivity contribution in [2.24, 2.45) is 0 Å². The summed E-state index contributed by atoms with van der Waals surface area (Å²) < 4.78 is 5.49. The minimum absolute atomic E-state index is 0.916. The second kappa shape index (κ2) is 6.20. The Hall–Kier alpha value is -0.300. The van der Waals surface area contributed by atoms with E-state index in [9.17, 15) is 0 Å². The molecule has 0 aromatic rings. The van der Waals surface area contributed by atoms with Crippen molar-refractivity contribution in [3.63, 3.8) is 0 Å². The largest absolute Gasteiger partial charge is 0.373 e. The van der Waals surface area contributed by atoms with Crippen LogP contribution in [0.25, 0.3) is 0 Å². The summed E-state index contributed by atoms with van der Waals surface area (Å²) in [7, 11) is 0. The molecule has 0 atom stereocenters. The first-order valence-electron chi connectivity index (χ1n) is 5.66. The van der Waals surface area contributed by atoms with Gasteiger partial charge in [0.25, 0.3) is 0 Å².